The van der Waals surface area contributed by atoms with Crippen molar-refractivity contribution in [1.29, 1.82) is 0 Å². The number of hydrogen-bond acceptors (Lipinski definition) is 3. The summed E-state index contributed by atoms with van der Waals surface area (Å²) >= 11 is 5.69. The molecule has 0 saturated carbocycles. The molecule has 11 heteroatoms. The molecule has 1 atom stereocenters. The van der Waals surface area contributed by atoms with Gasteiger partial charge in [-0.25, -0.2) is 9.29 Å². The molecule has 0 fully saturated rings. The second-order valence-corrected chi connectivity index (χ2v) is 6.15. The van der Waals surface area contributed by atoms with Crippen LogP contribution in [0.15, 0.2) is 30.3 Å². The van der Waals surface area contributed by atoms with Crippen LogP contribution in [0.1, 0.15) is 12.5 Å². The van der Waals surface area contributed by atoms with Crippen LogP contribution in [0.2, 0.25) is 5.02 Å². The van der Waals surface area contributed by atoms with E-state index in [9.17, 15) is 31.1 Å². The lowest BCUT2D eigenvalue weighted by Gasteiger charge is -2.32. The van der Waals surface area contributed by atoms with Crippen molar-refractivity contribution in [2.75, 3.05) is 4.90 Å². The zero-order valence-corrected chi connectivity index (χ0v) is 14.6. The van der Waals surface area contributed by atoms with Crippen molar-refractivity contribution in [3.63, 3.8) is 0 Å². The molecule has 0 spiro atoms. The fourth-order valence-corrected chi connectivity index (χ4v) is 2.79. The summed E-state index contributed by atoms with van der Waals surface area (Å²) in [4.78, 5) is 12.1. The summed E-state index contributed by atoms with van der Waals surface area (Å²) in [6, 6.07) is 4.01. The molecule has 4 nitrogen and oxygen atoms in total. The van der Waals surface area contributed by atoms with Gasteiger partial charge in [-0.2, -0.15) is 22.0 Å². The minimum atomic E-state index is -4.80. The molecule has 2 aromatic carbocycles. The van der Waals surface area contributed by atoms with Gasteiger partial charge in [-0.3, -0.25) is 4.79 Å². The number of alkyl halides is 5. The molecule has 2 aromatic rings. The normalized spacial score (nSPS) is 16.8. The van der Waals surface area contributed by atoms with Crippen LogP contribution in [0.5, 0.6) is 17.2 Å². The third kappa shape index (κ3) is 3.68. The molecule has 1 heterocycles. The van der Waals surface area contributed by atoms with E-state index in [1.54, 1.807) is 0 Å². The lowest BCUT2D eigenvalue weighted by molar-refractivity contribution is -0.137. The van der Waals surface area contributed by atoms with E-state index in [0.29, 0.717) is 6.07 Å². The van der Waals surface area contributed by atoms with Crippen molar-refractivity contribution in [3.05, 3.63) is 46.7 Å². The minimum absolute atomic E-state index is 0.143. The van der Waals surface area contributed by atoms with E-state index < -0.39 is 46.9 Å². The molecule has 0 aliphatic carbocycles. The maximum Gasteiger partial charge on any atom is 0.416 e. The second-order valence-electron chi connectivity index (χ2n) is 5.74. The third-order valence-corrected chi connectivity index (χ3v) is 4.10. The fraction of sp³-hybridized carbons (Fsp3) is 0.235. The van der Waals surface area contributed by atoms with E-state index in [4.69, 9.17) is 21.1 Å². The van der Waals surface area contributed by atoms with E-state index in [1.807, 2.05) is 0 Å². The Balaban J connectivity index is 1.96. The molecule has 1 aliphatic rings. The van der Waals surface area contributed by atoms with Gasteiger partial charge in [0.2, 0.25) is 0 Å². The van der Waals surface area contributed by atoms with Crippen LogP contribution in [-0.2, 0) is 11.0 Å². The van der Waals surface area contributed by atoms with Crippen LogP contribution >= 0.6 is 11.6 Å². The SMILES string of the molecule is CC1Oc2cc(Oc3c(F)cc(C(F)(F)F)cc3Cl)ccc2N(C(F)F)C1=O. The van der Waals surface area contributed by atoms with Crippen LogP contribution in [0.3, 0.4) is 0 Å². The van der Waals surface area contributed by atoms with Crippen molar-refractivity contribution < 1.29 is 40.6 Å². The molecule has 0 N–H and O–H groups in total. The first-order valence-electron chi connectivity index (χ1n) is 7.65. The van der Waals surface area contributed by atoms with Crippen LogP contribution in [-0.4, -0.2) is 18.6 Å². The van der Waals surface area contributed by atoms with Crippen LogP contribution in [0.25, 0.3) is 0 Å². The first-order valence-corrected chi connectivity index (χ1v) is 8.03. The maximum absolute atomic E-state index is 14.1. The van der Waals surface area contributed by atoms with Gasteiger partial charge in [0.15, 0.2) is 17.7 Å². The number of hydrogen-bond donors (Lipinski definition) is 0. The van der Waals surface area contributed by atoms with E-state index >= 15 is 0 Å². The fourth-order valence-electron chi connectivity index (χ4n) is 2.55. The van der Waals surface area contributed by atoms with Crippen LogP contribution in [0, 0.1) is 5.82 Å². The average Bonchev–Trinajstić information content (AvgIpc) is 2.58. The van der Waals surface area contributed by atoms with Crippen LogP contribution < -0.4 is 14.4 Å². The van der Waals surface area contributed by atoms with E-state index in [1.165, 1.54) is 6.92 Å². The highest BCUT2D eigenvalue weighted by Crippen LogP contribution is 2.42. The number of amides is 1. The highest BCUT2D eigenvalue weighted by molar-refractivity contribution is 6.32. The molecule has 1 amide bonds. The molecule has 1 aliphatic heterocycles. The van der Waals surface area contributed by atoms with Crippen molar-refractivity contribution in [2.45, 2.75) is 25.8 Å². The Hall–Kier alpha value is -2.62. The first-order chi connectivity index (χ1) is 13.0. The minimum Gasteiger partial charge on any atom is -0.479 e. The van der Waals surface area contributed by atoms with Gasteiger partial charge in [0.1, 0.15) is 11.5 Å². The Morgan fingerprint density at radius 3 is 2.46 bits per heavy atom. The summed E-state index contributed by atoms with van der Waals surface area (Å²) in [5.41, 5.74) is -1.53. The summed E-state index contributed by atoms with van der Waals surface area (Å²) in [6.45, 7) is -1.85. The van der Waals surface area contributed by atoms with Gasteiger partial charge in [-0.1, -0.05) is 11.6 Å². The molecular weight excluding hydrogens is 416 g/mol. The van der Waals surface area contributed by atoms with Gasteiger partial charge in [0, 0.05) is 6.07 Å². The Morgan fingerprint density at radius 1 is 1.21 bits per heavy atom. The van der Waals surface area contributed by atoms with Gasteiger partial charge in [0.05, 0.1) is 16.3 Å². The summed E-state index contributed by atoms with van der Waals surface area (Å²) < 4.78 is 88.9. The topological polar surface area (TPSA) is 38.8 Å². The van der Waals surface area contributed by atoms with E-state index in [-0.39, 0.29) is 28.2 Å². The van der Waals surface area contributed by atoms with Gasteiger partial charge < -0.3 is 9.47 Å². The molecule has 0 aromatic heterocycles. The zero-order chi connectivity index (χ0) is 20.8. The Kier molecular flexibility index (Phi) is 5.09. The van der Waals surface area contributed by atoms with Crippen LogP contribution in [0.4, 0.5) is 32.0 Å². The standard InChI is InChI=1S/C17H10ClF6NO3/c1-7-15(26)25(16(20)21)12-3-2-9(6-13(12)27-7)28-14-10(18)4-8(5-11(14)19)17(22,23)24/h2-7,16H,1H3. The van der Waals surface area contributed by atoms with E-state index in [2.05, 4.69) is 0 Å². The first kappa shape index (κ1) is 20.1. The summed E-state index contributed by atoms with van der Waals surface area (Å²) in [6.07, 6.45) is -6.01. The Labute approximate surface area is 159 Å². The number of carbonyl (C=O) groups is 1. The third-order valence-electron chi connectivity index (χ3n) is 3.82. The average molecular weight is 426 g/mol. The number of ether oxygens (including phenoxy) is 2. The zero-order valence-electron chi connectivity index (χ0n) is 13.9. The summed E-state index contributed by atoms with van der Waals surface area (Å²) in [5, 5.41) is -0.635. The maximum atomic E-state index is 14.1. The predicted octanol–water partition coefficient (Wildman–Crippen LogP) is 5.63. The molecule has 3 rings (SSSR count). The Bertz CT molecular complexity index is 911. The van der Waals surface area contributed by atoms with Crippen molar-refractivity contribution >= 4 is 23.2 Å². The van der Waals surface area contributed by atoms with Crippen molar-refractivity contribution in [1.82, 2.24) is 0 Å². The number of halogens is 7. The smallest absolute Gasteiger partial charge is 0.416 e. The van der Waals surface area contributed by atoms with E-state index in [0.717, 1.165) is 18.2 Å². The number of nitrogens with zero attached hydrogens (tertiary/aromatic N) is 1. The predicted molar refractivity (Wildman–Crippen MR) is 86.5 cm³/mol. The van der Waals surface area contributed by atoms with Crippen molar-refractivity contribution in [2.24, 2.45) is 0 Å². The highest BCUT2D eigenvalue weighted by atomic mass is 35.5. The van der Waals surface area contributed by atoms with Crippen molar-refractivity contribution in [3.8, 4) is 17.2 Å². The lowest BCUT2D eigenvalue weighted by atomic mass is 10.2. The highest BCUT2D eigenvalue weighted by Gasteiger charge is 2.37. The number of carbonyl (C=O) groups excluding carboxylic acids is 1. The molecule has 1 unspecified atom stereocenters. The van der Waals surface area contributed by atoms with Gasteiger partial charge in [-0.15, -0.1) is 0 Å². The van der Waals surface area contributed by atoms with Gasteiger partial charge in [-0.05, 0) is 31.2 Å². The largest absolute Gasteiger partial charge is 0.479 e. The molecule has 0 saturated heterocycles. The quantitative estimate of drug-likeness (QED) is 0.473. The number of rotatable bonds is 3. The monoisotopic (exact) mass is 425 g/mol. The molecular formula is C17H10ClF6NO3. The molecule has 0 bridgehead atoms. The second kappa shape index (κ2) is 7.08. The lowest BCUT2D eigenvalue weighted by Crippen LogP contribution is -2.47. The van der Waals surface area contributed by atoms with Gasteiger partial charge in [0.25, 0.3) is 5.91 Å². The molecule has 150 valence electrons. The van der Waals surface area contributed by atoms with Gasteiger partial charge >= 0.3 is 12.7 Å². The number of benzene rings is 2. The summed E-state index contributed by atoms with van der Waals surface area (Å²) in [5.74, 6) is -3.28. The number of fused-ring (bicyclic) bond motifs is 1. The summed E-state index contributed by atoms with van der Waals surface area (Å²) in [7, 11) is 0. The number of anilines is 1. The Morgan fingerprint density at radius 2 is 1.89 bits per heavy atom. The molecule has 0 radical (unpaired) electrons. The molecule has 28 heavy (non-hydrogen) atoms.